The average molecular weight is 393 g/mol. The fourth-order valence-corrected chi connectivity index (χ4v) is 4.80. The Morgan fingerprint density at radius 1 is 0.786 bits per heavy atom. The lowest BCUT2D eigenvalue weighted by Gasteiger charge is -2.09. The predicted molar refractivity (Wildman–Crippen MR) is 115 cm³/mol. The summed E-state index contributed by atoms with van der Waals surface area (Å²) in [6.45, 7) is 6.28. The lowest BCUT2D eigenvalue weighted by molar-refractivity contribution is -0.305. The Bertz CT molecular complexity index is 788. The van der Waals surface area contributed by atoms with E-state index in [0.717, 1.165) is 0 Å². The van der Waals surface area contributed by atoms with E-state index in [1.807, 2.05) is 0 Å². The van der Waals surface area contributed by atoms with Crippen LogP contribution in [-0.4, -0.2) is 5.97 Å². The van der Waals surface area contributed by atoms with E-state index in [9.17, 15) is 9.90 Å². The first kappa shape index (κ1) is 21.8. The molecule has 3 aromatic carbocycles. The second-order valence-electron chi connectivity index (χ2n) is 6.78. The molecule has 0 amide bonds. The Morgan fingerprint density at radius 2 is 1.21 bits per heavy atom. The molecule has 0 unspecified atom stereocenters. The Labute approximate surface area is 171 Å². The molecule has 0 heterocycles. The van der Waals surface area contributed by atoms with Crippen LogP contribution in [0.2, 0.25) is 0 Å². The van der Waals surface area contributed by atoms with Gasteiger partial charge in [-0.2, -0.15) is 0 Å². The minimum Gasteiger partial charge on any atom is -0.550 e. The van der Waals surface area contributed by atoms with E-state index in [2.05, 4.69) is 98.8 Å². The minimum absolute atomic E-state index is 0.0361. The zero-order valence-corrected chi connectivity index (χ0v) is 17.6. The van der Waals surface area contributed by atoms with Crippen LogP contribution in [0.1, 0.15) is 45.1 Å². The number of rotatable bonds is 6. The van der Waals surface area contributed by atoms with Gasteiger partial charge in [0.25, 0.3) is 0 Å². The molecule has 3 aromatic rings. The van der Waals surface area contributed by atoms with Crippen LogP contribution in [0.15, 0.2) is 99.6 Å². The fourth-order valence-electron chi connectivity index (χ4n) is 2.71. The molecule has 0 N–H and O–H groups in total. The van der Waals surface area contributed by atoms with Gasteiger partial charge in [-0.05, 0) is 54.3 Å². The lowest BCUT2D eigenvalue weighted by Crippen LogP contribution is -2.20. The highest BCUT2D eigenvalue weighted by molar-refractivity contribution is 7.97. The first-order chi connectivity index (χ1) is 13.5. The molecule has 0 saturated heterocycles. The summed E-state index contributed by atoms with van der Waals surface area (Å²) >= 11 is 0. The third-order valence-corrected chi connectivity index (χ3v) is 6.43. The molecule has 0 aromatic heterocycles. The smallest absolute Gasteiger partial charge is 0.166 e. The van der Waals surface area contributed by atoms with Crippen molar-refractivity contribution in [2.75, 3.05) is 0 Å². The summed E-state index contributed by atoms with van der Waals surface area (Å²) in [5.74, 6) is -0.387. The van der Waals surface area contributed by atoms with Crippen LogP contribution in [-0.2, 0) is 15.7 Å². The van der Waals surface area contributed by atoms with Crippen LogP contribution in [0.4, 0.5) is 0 Å². The Morgan fingerprint density at radius 3 is 1.54 bits per heavy atom. The van der Waals surface area contributed by atoms with Crippen molar-refractivity contribution in [1.82, 2.24) is 0 Å². The molecule has 0 aliphatic carbocycles. The van der Waals surface area contributed by atoms with Crippen molar-refractivity contribution in [2.45, 2.75) is 54.2 Å². The van der Waals surface area contributed by atoms with Crippen molar-refractivity contribution >= 4 is 16.9 Å². The van der Waals surface area contributed by atoms with Crippen LogP contribution in [0.3, 0.4) is 0 Å². The summed E-state index contributed by atoms with van der Waals surface area (Å²) in [4.78, 5) is 13.6. The Hall–Kier alpha value is -2.52. The fraction of sp³-hybridized carbons (Fsp3) is 0.240. The number of aliphatic carboxylic acids is 1. The van der Waals surface area contributed by atoms with Crippen molar-refractivity contribution < 1.29 is 9.90 Å². The maximum absolute atomic E-state index is 9.49. The maximum atomic E-state index is 9.49. The van der Waals surface area contributed by atoms with Gasteiger partial charge in [-0.15, -0.1) is 0 Å². The monoisotopic (exact) mass is 392 g/mol. The topological polar surface area (TPSA) is 40.1 Å². The molecule has 0 saturated carbocycles. The molecular formula is C25H28O2S. The second kappa shape index (κ2) is 11.4. The summed E-state index contributed by atoms with van der Waals surface area (Å²) in [5.41, 5.74) is 1.40. The number of hydrogen-bond donors (Lipinski definition) is 0. The van der Waals surface area contributed by atoms with Gasteiger partial charge in [0.05, 0.1) is 10.9 Å². The molecule has 3 heteroatoms. The SMILES string of the molecule is CC(C)c1ccc([S+](c2ccccc2)c2ccccc2)cc1.CCCC(=O)[O-]. The molecule has 0 aliphatic rings. The van der Waals surface area contributed by atoms with E-state index in [1.165, 1.54) is 20.2 Å². The van der Waals surface area contributed by atoms with Gasteiger partial charge < -0.3 is 9.90 Å². The quantitative estimate of drug-likeness (QED) is 0.524. The van der Waals surface area contributed by atoms with Crippen LogP contribution < -0.4 is 5.11 Å². The highest BCUT2D eigenvalue weighted by Crippen LogP contribution is 2.31. The van der Waals surface area contributed by atoms with Crippen molar-refractivity contribution in [3.63, 3.8) is 0 Å². The number of carboxylic acids is 1. The largest absolute Gasteiger partial charge is 0.550 e. The number of carbonyl (C=O) groups is 1. The van der Waals surface area contributed by atoms with Crippen molar-refractivity contribution in [1.29, 1.82) is 0 Å². The van der Waals surface area contributed by atoms with E-state index in [4.69, 9.17) is 0 Å². The summed E-state index contributed by atoms with van der Waals surface area (Å²) < 4.78 is 0. The normalized spacial score (nSPS) is 10.5. The minimum atomic E-state index is -0.961. The molecule has 3 rings (SSSR count). The van der Waals surface area contributed by atoms with Crippen molar-refractivity contribution in [3.05, 3.63) is 90.5 Å². The van der Waals surface area contributed by atoms with Crippen LogP contribution in [0.25, 0.3) is 0 Å². The summed E-state index contributed by atoms with van der Waals surface area (Å²) in [6, 6.07) is 30.7. The molecule has 0 bridgehead atoms. The van der Waals surface area contributed by atoms with E-state index < -0.39 is 5.97 Å². The number of hydrogen-bond acceptors (Lipinski definition) is 2. The summed E-state index contributed by atoms with van der Waals surface area (Å²) in [6.07, 6.45) is 0.850. The molecule has 2 nitrogen and oxygen atoms in total. The maximum Gasteiger partial charge on any atom is 0.166 e. The van der Waals surface area contributed by atoms with Crippen LogP contribution >= 0.6 is 0 Å². The average Bonchev–Trinajstić information content (AvgIpc) is 2.71. The predicted octanol–water partition coefficient (Wildman–Crippen LogP) is 5.44. The molecule has 146 valence electrons. The van der Waals surface area contributed by atoms with Gasteiger partial charge in [-0.25, -0.2) is 0 Å². The van der Waals surface area contributed by atoms with Crippen molar-refractivity contribution in [3.8, 4) is 0 Å². The van der Waals surface area contributed by atoms with Gasteiger partial charge in [-0.3, -0.25) is 0 Å². The lowest BCUT2D eigenvalue weighted by atomic mass is 10.0. The van der Waals surface area contributed by atoms with Gasteiger partial charge in [0.2, 0.25) is 0 Å². The Kier molecular flexibility index (Phi) is 8.83. The molecule has 0 spiro atoms. The molecule has 28 heavy (non-hydrogen) atoms. The van der Waals surface area contributed by atoms with E-state index in [1.54, 1.807) is 6.92 Å². The summed E-state index contributed by atoms with van der Waals surface area (Å²) in [7, 11) is -0.0361. The molecule has 0 fully saturated rings. The number of carboxylic acid groups (broad SMARTS) is 1. The van der Waals surface area contributed by atoms with Crippen LogP contribution in [0, 0.1) is 0 Å². The van der Waals surface area contributed by atoms with E-state index in [0.29, 0.717) is 12.3 Å². The van der Waals surface area contributed by atoms with Crippen LogP contribution in [0.5, 0.6) is 0 Å². The van der Waals surface area contributed by atoms with Gasteiger partial charge in [0.1, 0.15) is 0 Å². The van der Waals surface area contributed by atoms with E-state index >= 15 is 0 Å². The zero-order valence-electron chi connectivity index (χ0n) is 16.8. The number of carbonyl (C=O) groups excluding carboxylic acids is 1. The number of benzene rings is 3. The van der Waals surface area contributed by atoms with Gasteiger partial charge in [0.15, 0.2) is 14.7 Å². The summed E-state index contributed by atoms with van der Waals surface area (Å²) in [5, 5.41) is 9.49. The first-order valence-electron chi connectivity index (χ1n) is 9.67. The highest BCUT2D eigenvalue weighted by Gasteiger charge is 2.28. The Balaban J connectivity index is 0.000000409. The zero-order chi connectivity index (χ0) is 20.4. The standard InChI is InChI=1S/C21H21S.C4H8O2/c1-17(2)18-13-15-21(16-14-18)22(19-9-5-3-6-10-19)20-11-7-4-8-12-20;1-2-3-4(5)6/h3-17H,1-2H3;2-3H2,1H3,(H,5,6)/q+1;/p-1. The van der Waals surface area contributed by atoms with Gasteiger partial charge in [0, 0.05) is 5.97 Å². The third-order valence-electron chi connectivity index (χ3n) is 4.19. The molecule has 0 aliphatic heterocycles. The third kappa shape index (κ3) is 6.58. The second-order valence-corrected chi connectivity index (χ2v) is 8.80. The first-order valence-corrected chi connectivity index (χ1v) is 10.9. The highest BCUT2D eigenvalue weighted by atomic mass is 32.2. The molecule has 0 radical (unpaired) electrons. The molecular weight excluding hydrogens is 364 g/mol. The van der Waals surface area contributed by atoms with Gasteiger partial charge in [-0.1, -0.05) is 75.7 Å². The van der Waals surface area contributed by atoms with Crippen molar-refractivity contribution in [2.24, 2.45) is 0 Å². The van der Waals surface area contributed by atoms with E-state index in [-0.39, 0.29) is 17.3 Å². The molecule has 0 atom stereocenters. The van der Waals surface area contributed by atoms with Gasteiger partial charge >= 0.3 is 0 Å².